The molecule has 0 atom stereocenters. The number of amides is 1. The maximum atomic E-state index is 12.1. The quantitative estimate of drug-likeness (QED) is 0.339. The number of rotatable bonds is 13. The minimum atomic E-state index is -0.0153. The van der Waals surface area contributed by atoms with Gasteiger partial charge in [-0.15, -0.1) is 0 Å². The summed E-state index contributed by atoms with van der Waals surface area (Å²) in [5, 5.41) is 9.47. The summed E-state index contributed by atoms with van der Waals surface area (Å²) < 4.78 is 9.97. The molecule has 6 nitrogen and oxygen atoms in total. The number of hydrogen-bond donors (Lipinski definition) is 3. The molecule has 21 heavy (non-hydrogen) atoms. The fraction of sp³-hybridized carbons (Fsp3) is 0.800. The second-order valence-electron chi connectivity index (χ2n) is 5.23. The van der Waals surface area contributed by atoms with E-state index in [1.165, 1.54) is 12.8 Å². The van der Waals surface area contributed by atoms with Crippen molar-refractivity contribution in [2.45, 2.75) is 31.7 Å². The second-order valence-corrected chi connectivity index (χ2v) is 5.23. The Morgan fingerprint density at radius 3 is 2.43 bits per heavy atom. The largest absolute Gasteiger partial charge is 0.390 e. The highest BCUT2D eigenvalue weighted by Gasteiger charge is 2.21. The van der Waals surface area contributed by atoms with Crippen LogP contribution in [0.15, 0.2) is 11.8 Å². The third-order valence-electron chi connectivity index (χ3n) is 3.21. The molecule has 1 rings (SSSR count). The summed E-state index contributed by atoms with van der Waals surface area (Å²) in [4.78, 5) is 12.1. The van der Waals surface area contributed by atoms with Crippen molar-refractivity contribution in [2.75, 3.05) is 47.1 Å². The molecule has 0 heterocycles. The van der Waals surface area contributed by atoms with Gasteiger partial charge in [0.1, 0.15) is 0 Å². The highest BCUT2D eigenvalue weighted by atomic mass is 16.5. The van der Waals surface area contributed by atoms with Crippen LogP contribution in [-0.2, 0) is 14.3 Å². The Hall–Kier alpha value is -1.11. The van der Waals surface area contributed by atoms with Crippen LogP contribution in [0.4, 0.5) is 0 Å². The van der Waals surface area contributed by atoms with Crippen LogP contribution in [0.3, 0.4) is 0 Å². The van der Waals surface area contributed by atoms with Gasteiger partial charge in [0.15, 0.2) is 0 Å². The molecule has 1 aliphatic carbocycles. The number of carbonyl (C=O) groups is 1. The molecule has 122 valence electrons. The van der Waals surface area contributed by atoms with Crippen molar-refractivity contribution in [3.63, 3.8) is 0 Å². The Kier molecular flexibility index (Phi) is 9.86. The summed E-state index contributed by atoms with van der Waals surface area (Å²) in [6.07, 6.45) is 5.99. The smallest absolute Gasteiger partial charge is 0.249 e. The Balaban J connectivity index is 2.30. The van der Waals surface area contributed by atoms with Crippen LogP contribution < -0.4 is 16.0 Å². The van der Waals surface area contributed by atoms with Gasteiger partial charge < -0.3 is 25.4 Å². The molecule has 0 aromatic carbocycles. The Morgan fingerprint density at radius 2 is 1.81 bits per heavy atom. The van der Waals surface area contributed by atoms with Gasteiger partial charge in [-0.25, -0.2) is 0 Å². The van der Waals surface area contributed by atoms with Crippen molar-refractivity contribution in [3.8, 4) is 0 Å². The molecule has 0 radical (unpaired) electrons. The lowest BCUT2D eigenvalue weighted by Crippen LogP contribution is -2.33. The topological polar surface area (TPSA) is 71.6 Å². The average molecular weight is 299 g/mol. The lowest BCUT2D eigenvalue weighted by atomic mass is 10.2. The monoisotopic (exact) mass is 299 g/mol. The van der Waals surface area contributed by atoms with E-state index in [0.717, 1.165) is 31.6 Å². The van der Waals surface area contributed by atoms with E-state index in [4.69, 9.17) is 9.47 Å². The third-order valence-corrected chi connectivity index (χ3v) is 3.21. The lowest BCUT2D eigenvalue weighted by molar-refractivity contribution is -0.117. The summed E-state index contributed by atoms with van der Waals surface area (Å²) in [5.41, 5.74) is 0.747. The van der Waals surface area contributed by atoms with Crippen molar-refractivity contribution in [1.82, 2.24) is 16.0 Å². The molecule has 1 amide bonds. The Bertz CT molecular complexity index is 317. The molecule has 0 aromatic heterocycles. The summed E-state index contributed by atoms with van der Waals surface area (Å²) in [5.74, 6) is -0.0153. The van der Waals surface area contributed by atoms with E-state index in [2.05, 4.69) is 16.0 Å². The first kappa shape index (κ1) is 17.9. The zero-order valence-corrected chi connectivity index (χ0v) is 13.2. The number of hydrogen-bond acceptors (Lipinski definition) is 5. The lowest BCUT2D eigenvalue weighted by Gasteiger charge is -2.11. The molecule has 6 heteroatoms. The highest BCUT2D eigenvalue weighted by Crippen LogP contribution is 2.18. The normalized spacial score (nSPS) is 15.0. The number of nitrogens with one attached hydrogen (secondary N) is 3. The maximum absolute atomic E-state index is 12.1. The highest BCUT2D eigenvalue weighted by molar-refractivity contribution is 5.93. The number of ether oxygens (including phenoxy) is 2. The first-order valence-corrected chi connectivity index (χ1v) is 7.69. The summed E-state index contributed by atoms with van der Waals surface area (Å²) in [6, 6.07) is 0.586. The van der Waals surface area contributed by atoms with E-state index in [-0.39, 0.29) is 5.91 Å². The van der Waals surface area contributed by atoms with Crippen LogP contribution in [0.25, 0.3) is 0 Å². The molecule has 0 bridgehead atoms. The van der Waals surface area contributed by atoms with Gasteiger partial charge in [0, 0.05) is 64.9 Å². The summed E-state index contributed by atoms with van der Waals surface area (Å²) in [6.45, 7) is 3.43. The molecule has 1 fully saturated rings. The molecule has 0 unspecified atom stereocenters. The molecule has 0 aromatic rings. The standard InChI is InChI=1S/C15H29N3O3/c1-20-9-3-7-16-11-13(12-18-14-5-6-14)15(19)17-8-4-10-21-2/h11,14,16,18H,3-10,12H2,1-2H3,(H,17,19)/b13-11-. The van der Waals surface area contributed by atoms with Crippen LogP contribution in [0.1, 0.15) is 25.7 Å². The first-order chi connectivity index (χ1) is 10.3. The van der Waals surface area contributed by atoms with Crippen LogP contribution in [0, 0.1) is 0 Å². The van der Waals surface area contributed by atoms with Crippen LogP contribution in [0.5, 0.6) is 0 Å². The summed E-state index contributed by atoms with van der Waals surface area (Å²) >= 11 is 0. The second kappa shape index (κ2) is 11.5. The molecular formula is C15H29N3O3. The van der Waals surface area contributed by atoms with Gasteiger partial charge in [-0.3, -0.25) is 4.79 Å². The van der Waals surface area contributed by atoms with Gasteiger partial charge in [0.2, 0.25) is 5.91 Å². The van der Waals surface area contributed by atoms with Gasteiger partial charge in [-0.2, -0.15) is 0 Å². The molecule has 0 saturated heterocycles. The van der Waals surface area contributed by atoms with Crippen LogP contribution >= 0.6 is 0 Å². The van der Waals surface area contributed by atoms with Crippen molar-refractivity contribution < 1.29 is 14.3 Å². The van der Waals surface area contributed by atoms with Gasteiger partial charge in [-0.05, 0) is 25.7 Å². The van der Waals surface area contributed by atoms with E-state index in [1.54, 1.807) is 14.2 Å². The number of methoxy groups -OCH3 is 2. The predicted octanol–water partition coefficient (Wildman–Crippen LogP) is 0.401. The van der Waals surface area contributed by atoms with E-state index in [1.807, 2.05) is 6.20 Å². The first-order valence-electron chi connectivity index (χ1n) is 7.69. The van der Waals surface area contributed by atoms with Crippen molar-refractivity contribution in [2.24, 2.45) is 0 Å². The Morgan fingerprint density at radius 1 is 1.14 bits per heavy atom. The zero-order chi connectivity index (χ0) is 15.3. The fourth-order valence-electron chi connectivity index (χ4n) is 1.78. The Labute approximate surface area is 127 Å². The SMILES string of the molecule is COCCCN/C=C(/CNC1CC1)C(=O)NCCCOC. The molecule has 0 aliphatic heterocycles. The van der Waals surface area contributed by atoms with Crippen molar-refractivity contribution in [3.05, 3.63) is 11.8 Å². The van der Waals surface area contributed by atoms with Crippen LogP contribution in [0.2, 0.25) is 0 Å². The molecular weight excluding hydrogens is 270 g/mol. The van der Waals surface area contributed by atoms with E-state index < -0.39 is 0 Å². The van der Waals surface area contributed by atoms with Crippen LogP contribution in [-0.4, -0.2) is 59.0 Å². The zero-order valence-electron chi connectivity index (χ0n) is 13.2. The van der Waals surface area contributed by atoms with E-state index in [9.17, 15) is 4.79 Å². The third kappa shape index (κ3) is 9.44. The molecule has 1 aliphatic rings. The predicted molar refractivity (Wildman–Crippen MR) is 83.1 cm³/mol. The minimum Gasteiger partial charge on any atom is -0.390 e. The average Bonchev–Trinajstić information content (AvgIpc) is 3.30. The van der Waals surface area contributed by atoms with E-state index in [0.29, 0.717) is 25.7 Å². The van der Waals surface area contributed by atoms with E-state index >= 15 is 0 Å². The molecule has 3 N–H and O–H groups in total. The summed E-state index contributed by atoms with van der Waals surface area (Å²) in [7, 11) is 3.35. The maximum Gasteiger partial charge on any atom is 0.249 e. The minimum absolute atomic E-state index is 0.0153. The molecule has 1 saturated carbocycles. The van der Waals surface area contributed by atoms with Crippen molar-refractivity contribution in [1.29, 1.82) is 0 Å². The fourth-order valence-corrected chi connectivity index (χ4v) is 1.78. The van der Waals surface area contributed by atoms with Gasteiger partial charge >= 0.3 is 0 Å². The van der Waals surface area contributed by atoms with Crippen molar-refractivity contribution >= 4 is 5.91 Å². The van der Waals surface area contributed by atoms with Gasteiger partial charge in [0.25, 0.3) is 0 Å². The van der Waals surface area contributed by atoms with Gasteiger partial charge in [-0.1, -0.05) is 0 Å². The number of carbonyl (C=O) groups excluding carboxylic acids is 1. The molecule has 0 spiro atoms. The van der Waals surface area contributed by atoms with Gasteiger partial charge in [0.05, 0.1) is 0 Å².